The second-order valence-electron chi connectivity index (χ2n) is 6.01. The van der Waals surface area contributed by atoms with E-state index in [1.165, 1.54) is 0 Å². The van der Waals surface area contributed by atoms with Gasteiger partial charge in [0.25, 0.3) is 0 Å². The lowest BCUT2D eigenvalue weighted by Gasteiger charge is -2.13. The Bertz CT molecular complexity index is 638. The van der Waals surface area contributed by atoms with Crippen LogP contribution in [-0.4, -0.2) is 39.4 Å². The minimum absolute atomic E-state index is 0.257. The zero-order valence-corrected chi connectivity index (χ0v) is 17.3. The van der Waals surface area contributed by atoms with Crippen molar-refractivity contribution in [2.24, 2.45) is 0 Å². The van der Waals surface area contributed by atoms with Gasteiger partial charge in [-0.15, -0.1) is 0 Å². The van der Waals surface area contributed by atoms with Gasteiger partial charge < -0.3 is 15.4 Å². The van der Waals surface area contributed by atoms with Gasteiger partial charge in [-0.2, -0.15) is 15.0 Å². The lowest BCUT2D eigenvalue weighted by molar-refractivity contribution is 0.344. The maximum Gasteiger partial charge on any atom is 0.228 e. The largest absolute Gasteiger partial charge is 0.493 e. The molecule has 0 aliphatic carbocycles. The molecule has 0 unspecified atom stereocenters. The van der Waals surface area contributed by atoms with Gasteiger partial charge in [-0.05, 0) is 52.0 Å². The second-order valence-corrected chi connectivity index (χ2v) is 7.99. The average Bonchev–Trinajstić information content (AvgIpc) is 2.52. The Labute approximate surface area is 161 Å². The number of ether oxygens (including phenoxy) is 1. The molecule has 25 heavy (non-hydrogen) atoms. The molecule has 0 radical (unpaired) electrons. The molecule has 136 valence electrons. The third-order valence-electron chi connectivity index (χ3n) is 2.85. The Balaban J connectivity index is 1.93. The summed E-state index contributed by atoms with van der Waals surface area (Å²) in [4.78, 5) is 13.3. The smallest absolute Gasteiger partial charge is 0.228 e. The van der Waals surface area contributed by atoms with Crippen molar-refractivity contribution in [1.82, 2.24) is 15.0 Å². The van der Waals surface area contributed by atoms with Crippen molar-refractivity contribution in [1.29, 1.82) is 0 Å². The van der Waals surface area contributed by atoms with E-state index in [1.54, 1.807) is 11.8 Å². The lowest BCUT2D eigenvalue weighted by Crippen LogP contribution is -2.17. The van der Waals surface area contributed by atoms with E-state index in [0.29, 0.717) is 23.7 Å². The van der Waals surface area contributed by atoms with Gasteiger partial charge >= 0.3 is 0 Å². The van der Waals surface area contributed by atoms with Gasteiger partial charge in [0.2, 0.25) is 11.9 Å². The number of nitrogens with one attached hydrogen (secondary N) is 2. The summed E-state index contributed by atoms with van der Waals surface area (Å²) in [5.74, 6) is 2.78. The van der Waals surface area contributed by atoms with Gasteiger partial charge in [-0.25, -0.2) is 0 Å². The number of rotatable bonds is 9. The number of benzene rings is 1. The summed E-state index contributed by atoms with van der Waals surface area (Å²) in [5, 5.41) is 7.14. The fourth-order valence-electron chi connectivity index (χ4n) is 1.89. The van der Waals surface area contributed by atoms with Crippen LogP contribution in [0.25, 0.3) is 0 Å². The highest BCUT2D eigenvalue weighted by Crippen LogP contribution is 2.19. The SMILES string of the molecule is CC(C)Nc1nc(NC(C)C)nc(SCCOc2ccc(Br)cc2)n1. The van der Waals surface area contributed by atoms with Crippen molar-refractivity contribution in [3.8, 4) is 5.75 Å². The molecule has 0 fully saturated rings. The van der Waals surface area contributed by atoms with Gasteiger partial charge in [0, 0.05) is 22.3 Å². The first-order chi connectivity index (χ1) is 11.9. The van der Waals surface area contributed by atoms with Crippen LogP contribution in [0.1, 0.15) is 27.7 Å². The van der Waals surface area contributed by atoms with Gasteiger partial charge in [0.15, 0.2) is 5.16 Å². The van der Waals surface area contributed by atoms with Crippen molar-refractivity contribution in [3.63, 3.8) is 0 Å². The summed E-state index contributed by atoms with van der Waals surface area (Å²) in [6.45, 7) is 8.80. The Morgan fingerprint density at radius 2 is 1.52 bits per heavy atom. The summed E-state index contributed by atoms with van der Waals surface area (Å²) >= 11 is 4.96. The van der Waals surface area contributed by atoms with Crippen LogP contribution in [0.4, 0.5) is 11.9 Å². The molecule has 0 spiro atoms. The molecule has 8 heteroatoms. The van der Waals surface area contributed by atoms with E-state index in [9.17, 15) is 0 Å². The fourth-order valence-corrected chi connectivity index (χ4v) is 2.81. The van der Waals surface area contributed by atoms with Gasteiger partial charge in [0.05, 0.1) is 6.61 Å². The van der Waals surface area contributed by atoms with Crippen LogP contribution < -0.4 is 15.4 Å². The summed E-state index contributed by atoms with van der Waals surface area (Å²) < 4.78 is 6.77. The van der Waals surface area contributed by atoms with Crippen molar-refractivity contribution >= 4 is 39.6 Å². The molecular weight excluding hydrogens is 402 g/mol. The highest BCUT2D eigenvalue weighted by Gasteiger charge is 2.09. The highest BCUT2D eigenvalue weighted by molar-refractivity contribution is 9.10. The summed E-state index contributed by atoms with van der Waals surface area (Å²) in [5.41, 5.74) is 0. The predicted octanol–water partition coefficient (Wildman–Crippen LogP) is 4.45. The Kier molecular flexibility index (Phi) is 7.77. The maximum absolute atomic E-state index is 5.73. The third-order valence-corrected chi connectivity index (χ3v) is 4.19. The van der Waals surface area contributed by atoms with E-state index in [1.807, 2.05) is 24.3 Å². The topological polar surface area (TPSA) is 72.0 Å². The second kappa shape index (κ2) is 9.82. The standard InChI is InChI=1S/C17H24BrN5OS/c1-11(2)19-15-21-16(20-12(3)4)23-17(22-15)25-10-9-24-14-7-5-13(18)6-8-14/h5-8,11-12H,9-10H2,1-4H3,(H2,19,20,21,22,23). The highest BCUT2D eigenvalue weighted by atomic mass is 79.9. The molecule has 1 aromatic heterocycles. The van der Waals surface area contributed by atoms with E-state index in [2.05, 4.69) is 69.2 Å². The van der Waals surface area contributed by atoms with Crippen molar-refractivity contribution < 1.29 is 4.74 Å². The molecule has 0 atom stereocenters. The molecule has 6 nitrogen and oxygen atoms in total. The zero-order valence-electron chi connectivity index (χ0n) is 14.9. The molecule has 0 aliphatic heterocycles. The maximum atomic E-state index is 5.73. The van der Waals surface area contributed by atoms with Gasteiger partial charge in [-0.3, -0.25) is 0 Å². The van der Waals surface area contributed by atoms with Crippen LogP contribution >= 0.6 is 27.7 Å². The Morgan fingerprint density at radius 3 is 2.04 bits per heavy atom. The quantitative estimate of drug-likeness (QED) is 0.454. The normalized spacial score (nSPS) is 11.0. The Morgan fingerprint density at radius 1 is 0.960 bits per heavy atom. The number of halogens is 1. The van der Waals surface area contributed by atoms with Gasteiger partial charge in [-0.1, -0.05) is 27.7 Å². The monoisotopic (exact) mass is 425 g/mol. The molecule has 2 rings (SSSR count). The number of hydrogen-bond acceptors (Lipinski definition) is 7. The summed E-state index contributed by atoms with van der Waals surface area (Å²) in [6.07, 6.45) is 0. The van der Waals surface area contributed by atoms with Crippen LogP contribution in [0, 0.1) is 0 Å². The molecule has 0 bridgehead atoms. The number of nitrogens with zero attached hydrogens (tertiary/aromatic N) is 3. The van der Waals surface area contributed by atoms with Crippen molar-refractivity contribution in [2.75, 3.05) is 23.0 Å². The first-order valence-corrected chi connectivity index (χ1v) is 10.0. The number of anilines is 2. The number of aromatic nitrogens is 3. The summed E-state index contributed by atoms with van der Waals surface area (Å²) in [7, 11) is 0. The van der Waals surface area contributed by atoms with Crippen LogP contribution in [0.15, 0.2) is 33.9 Å². The van der Waals surface area contributed by atoms with E-state index in [0.717, 1.165) is 16.0 Å². The first-order valence-electron chi connectivity index (χ1n) is 8.22. The van der Waals surface area contributed by atoms with Gasteiger partial charge in [0.1, 0.15) is 5.75 Å². The summed E-state index contributed by atoms with van der Waals surface area (Å²) in [6, 6.07) is 8.31. The van der Waals surface area contributed by atoms with E-state index >= 15 is 0 Å². The Hall–Kier alpha value is -1.54. The lowest BCUT2D eigenvalue weighted by atomic mass is 10.3. The minimum atomic E-state index is 0.257. The number of thioether (sulfide) groups is 1. The van der Waals surface area contributed by atoms with Crippen LogP contribution in [0.2, 0.25) is 0 Å². The van der Waals surface area contributed by atoms with E-state index in [4.69, 9.17) is 4.74 Å². The first kappa shape index (κ1) is 19.8. The van der Waals surface area contributed by atoms with Crippen LogP contribution in [0.5, 0.6) is 5.75 Å². The van der Waals surface area contributed by atoms with Crippen molar-refractivity contribution in [2.45, 2.75) is 44.9 Å². The third kappa shape index (κ3) is 7.48. The van der Waals surface area contributed by atoms with E-state index in [-0.39, 0.29) is 12.1 Å². The molecule has 1 aromatic carbocycles. The molecule has 0 saturated carbocycles. The van der Waals surface area contributed by atoms with Crippen molar-refractivity contribution in [3.05, 3.63) is 28.7 Å². The molecule has 2 N–H and O–H groups in total. The molecule has 1 heterocycles. The average molecular weight is 426 g/mol. The number of hydrogen-bond donors (Lipinski definition) is 2. The molecular formula is C17H24BrN5OS. The molecule has 0 aliphatic rings. The fraction of sp³-hybridized carbons (Fsp3) is 0.471. The zero-order chi connectivity index (χ0) is 18.2. The molecule has 0 amide bonds. The predicted molar refractivity (Wildman–Crippen MR) is 108 cm³/mol. The van der Waals surface area contributed by atoms with Crippen LogP contribution in [-0.2, 0) is 0 Å². The molecule has 2 aromatic rings. The molecule has 0 saturated heterocycles. The van der Waals surface area contributed by atoms with E-state index < -0.39 is 0 Å². The minimum Gasteiger partial charge on any atom is -0.493 e. The van der Waals surface area contributed by atoms with Crippen LogP contribution in [0.3, 0.4) is 0 Å².